The largest absolute Gasteiger partial charge is 0.507 e. The number of hydrogen-bond acceptors (Lipinski definition) is 3. The van der Waals surface area contributed by atoms with Gasteiger partial charge in [-0.05, 0) is 48.1 Å². The van der Waals surface area contributed by atoms with Crippen molar-refractivity contribution in [2.45, 2.75) is 46.1 Å². The average molecular weight is 331 g/mol. The molecule has 1 aromatic carbocycles. The SMILES string of the molecule is CC1(C)[C@H]2CC[C@@]1(C)[C@@H](NC(=O)NNC(=O)c1ccccc1O)C2. The first-order valence-corrected chi connectivity index (χ1v) is 8.40. The molecule has 24 heavy (non-hydrogen) atoms. The van der Waals surface area contributed by atoms with Crippen molar-refractivity contribution in [3.63, 3.8) is 0 Å². The Morgan fingerprint density at radius 3 is 2.46 bits per heavy atom. The number of benzene rings is 1. The van der Waals surface area contributed by atoms with Crippen LogP contribution in [0.2, 0.25) is 0 Å². The van der Waals surface area contributed by atoms with Crippen LogP contribution >= 0.6 is 0 Å². The number of fused-ring (bicyclic) bond motifs is 2. The van der Waals surface area contributed by atoms with E-state index in [9.17, 15) is 14.7 Å². The summed E-state index contributed by atoms with van der Waals surface area (Å²) in [5.74, 6) is -0.0500. The fourth-order valence-electron chi connectivity index (χ4n) is 4.46. The molecule has 3 atom stereocenters. The number of aromatic hydroxyl groups is 1. The van der Waals surface area contributed by atoms with Crippen LogP contribution in [0.5, 0.6) is 5.75 Å². The third-order valence-corrected chi connectivity index (χ3v) is 6.54. The normalized spacial score (nSPS) is 30.0. The van der Waals surface area contributed by atoms with Gasteiger partial charge in [-0.15, -0.1) is 0 Å². The van der Waals surface area contributed by atoms with Crippen molar-refractivity contribution >= 4 is 11.9 Å². The fraction of sp³-hybridized carbons (Fsp3) is 0.556. The van der Waals surface area contributed by atoms with Crippen LogP contribution in [0.3, 0.4) is 0 Å². The summed E-state index contributed by atoms with van der Waals surface area (Å²) < 4.78 is 0. The number of hydrazine groups is 1. The lowest BCUT2D eigenvalue weighted by atomic mass is 9.69. The second-order valence-corrected chi connectivity index (χ2v) is 7.73. The van der Waals surface area contributed by atoms with Gasteiger partial charge in [0.05, 0.1) is 5.56 Å². The van der Waals surface area contributed by atoms with Crippen molar-refractivity contribution < 1.29 is 14.7 Å². The first-order valence-electron chi connectivity index (χ1n) is 8.40. The predicted octanol–water partition coefficient (Wildman–Crippen LogP) is 2.55. The lowest BCUT2D eigenvalue weighted by molar-refractivity contribution is 0.0928. The molecule has 1 aromatic rings. The first-order chi connectivity index (χ1) is 11.3. The maximum absolute atomic E-state index is 12.1. The molecular formula is C18H25N3O3. The molecule has 6 nitrogen and oxygen atoms in total. The molecule has 2 bridgehead atoms. The lowest BCUT2D eigenvalue weighted by Gasteiger charge is -2.39. The van der Waals surface area contributed by atoms with Gasteiger partial charge in [0.2, 0.25) is 0 Å². The third kappa shape index (κ3) is 2.50. The highest BCUT2D eigenvalue weighted by molar-refractivity contribution is 5.97. The van der Waals surface area contributed by atoms with Crippen LogP contribution in [-0.2, 0) is 0 Å². The van der Waals surface area contributed by atoms with Crippen LogP contribution in [0.4, 0.5) is 4.79 Å². The van der Waals surface area contributed by atoms with Gasteiger partial charge < -0.3 is 10.4 Å². The number of phenolic OH excluding ortho intramolecular Hbond substituents is 1. The summed E-state index contributed by atoms with van der Waals surface area (Å²) in [4.78, 5) is 24.1. The van der Waals surface area contributed by atoms with E-state index in [1.54, 1.807) is 12.1 Å². The van der Waals surface area contributed by atoms with E-state index in [0.29, 0.717) is 5.92 Å². The number of amides is 3. The summed E-state index contributed by atoms with van der Waals surface area (Å²) in [6, 6.07) is 5.87. The number of rotatable bonds is 2. The summed E-state index contributed by atoms with van der Waals surface area (Å²) in [5, 5.41) is 12.7. The standard InChI is InChI=1S/C18H25N3O3/c1-17(2)11-8-9-18(17,3)14(10-11)19-16(24)21-20-15(23)12-6-4-5-7-13(12)22/h4-7,11,14,22H,8-10H2,1-3H3,(H,20,23)(H2,19,21,24)/t11-,14-,18-/m0/s1. The molecular weight excluding hydrogens is 306 g/mol. The molecule has 0 aliphatic heterocycles. The van der Waals surface area contributed by atoms with Crippen LogP contribution in [-0.4, -0.2) is 23.1 Å². The minimum absolute atomic E-state index is 0.0801. The van der Waals surface area contributed by atoms with E-state index in [0.717, 1.165) is 12.8 Å². The van der Waals surface area contributed by atoms with Crippen molar-refractivity contribution in [2.75, 3.05) is 0 Å². The molecule has 2 aliphatic carbocycles. The second kappa shape index (κ2) is 5.69. The maximum Gasteiger partial charge on any atom is 0.333 e. The molecule has 6 heteroatoms. The number of urea groups is 1. The number of nitrogens with one attached hydrogen (secondary N) is 3. The number of carbonyl (C=O) groups is 2. The molecule has 0 saturated heterocycles. The van der Waals surface area contributed by atoms with Gasteiger partial charge in [-0.1, -0.05) is 32.9 Å². The Balaban J connectivity index is 1.56. The summed E-state index contributed by atoms with van der Waals surface area (Å²) in [6.45, 7) is 6.81. The van der Waals surface area contributed by atoms with Crippen molar-refractivity contribution in [1.82, 2.24) is 16.2 Å². The Morgan fingerprint density at radius 1 is 1.17 bits per heavy atom. The molecule has 2 aliphatic rings. The molecule has 0 unspecified atom stereocenters. The molecule has 0 spiro atoms. The summed E-state index contributed by atoms with van der Waals surface area (Å²) in [5.41, 5.74) is 5.12. The van der Waals surface area contributed by atoms with Crippen LogP contribution in [0.15, 0.2) is 24.3 Å². The number of para-hydroxylation sites is 1. The van der Waals surface area contributed by atoms with Gasteiger partial charge in [0.15, 0.2) is 0 Å². The predicted molar refractivity (Wildman–Crippen MR) is 90.3 cm³/mol. The van der Waals surface area contributed by atoms with E-state index in [1.165, 1.54) is 18.6 Å². The Labute approximate surface area is 142 Å². The average Bonchev–Trinajstić information content (AvgIpc) is 2.86. The minimum atomic E-state index is -0.553. The van der Waals surface area contributed by atoms with Gasteiger partial charge in [0.1, 0.15) is 5.75 Å². The topological polar surface area (TPSA) is 90.5 Å². The molecule has 4 N–H and O–H groups in total. The first kappa shape index (κ1) is 16.6. The number of phenols is 1. The zero-order chi connectivity index (χ0) is 17.5. The van der Waals surface area contributed by atoms with E-state index in [4.69, 9.17) is 0 Å². The molecule has 2 fully saturated rings. The molecule has 3 amide bonds. The summed E-state index contributed by atoms with van der Waals surface area (Å²) in [6.07, 6.45) is 3.30. The summed E-state index contributed by atoms with van der Waals surface area (Å²) >= 11 is 0. The molecule has 130 valence electrons. The Kier molecular flexibility index (Phi) is 3.94. The van der Waals surface area contributed by atoms with Crippen molar-refractivity contribution in [2.24, 2.45) is 16.7 Å². The van der Waals surface area contributed by atoms with E-state index >= 15 is 0 Å². The van der Waals surface area contributed by atoms with E-state index in [-0.39, 0.29) is 28.2 Å². The molecule has 0 heterocycles. The van der Waals surface area contributed by atoms with E-state index in [1.807, 2.05) is 0 Å². The fourth-order valence-corrected chi connectivity index (χ4v) is 4.46. The second-order valence-electron chi connectivity index (χ2n) is 7.73. The van der Waals surface area contributed by atoms with Crippen molar-refractivity contribution in [1.29, 1.82) is 0 Å². The summed E-state index contributed by atoms with van der Waals surface area (Å²) in [7, 11) is 0. The Morgan fingerprint density at radius 2 is 1.88 bits per heavy atom. The maximum atomic E-state index is 12.1. The highest BCUT2D eigenvalue weighted by Crippen LogP contribution is 2.65. The van der Waals surface area contributed by atoms with Crippen molar-refractivity contribution in [3.8, 4) is 5.75 Å². The van der Waals surface area contributed by atoms with Gasteiger partial charge in [-0.25, -0.2) is 10.2 Å². The van der Waals surface area contributed by atoms with Gasteiger partial charge in [-0.3, -0.25) is 10.2 Å². The van der Waals surface area contributed by atoms with E-state index in [2.05, 4.69) is 36.9 Å². The van der Waals surface area contributed by atoms with Crippen LogP contribution in [0.25, 0.3) is 0 Å². The molecule has 3 rings (SSSR count). The van der Waals surface area contributed by atoms with Crippen LogP contribution in [0.1, 0.15) is 50.4 Å². The Hall–Kier alpha value is -2.24. The number of hydrogen-bond donors (Lipinski definition) is 4. The Bertz CT molecular complexity index is 673. The quantitative estimate of drug-likeness (QED) is 0.628. The monoisotopic (exact) mass is 331 g/mol. The van der Waals surface area contributed by atoms with Gasteiger partial charge >= 0.3 is 6.03 Å². The minimum Gasteiger partial charge on any atom is -0.507 e. The lowest BCUT2D eigenvalue weighted by Crippen LogP contribution is -2.54. The molecule has 0 radical (unpaired) electrons. The van der Waals surface area contributed by atoms with Gasteiger partial charge in [0, 0.05) is 6.04 Å². The van der Waals surface area contributed by atoms with Gasteiger partial charge in [-0.2, -0.15) is 0 Å². The van der Waals surface area contributed by atoms with Crippen LogP contribution < -0.4 is 16.2 Å². The van der Waals surface area contributed by atoms with Crippen molar-refractivity contribution in [3.05, 3.63) is 29.8 Å². The highest BCUT2D eigenvalue weighted by atomic mass is 16.3. The van der Waals surface area contributed by atoms with Gasteiger partial charge in [0.25, 0.3) is 5.91 Å². The molecule has 0 aromatic heterocycles. The molecule has 2 saturated carbocycles. The third-order valence-electron chi connectivity index (χ3n) is 6.54. The zero-order valence-corrected chi connectivity index (χ0v) is 14.3. The zero-order valence-electron chi connectivity index (χ0n) is 14.3. The smallest absolute Gasteiger partial charge is 0.333 e. The van der Waals surface area contributed by atoms with E-state index < -0.39 is 11.9 Å². The number of carbonyl (C=O) groups excluding carboxylic acids is 2. The highest BCUT2D eigenvalue weighted by Gasteiger charge is 2.61. The van der Waals surface area contributed by atoms with Crippen LogP contribution in [0, 0.1) is 16.7 Å².